The fourth-order valence-electron chi connectivity index (χ4n) is 0.829. The quantitative estimate of drug-likeness (QED) is 0.850. The molecule has 12 heavy (non-hydrogen) atoms. The summed E-state index contributed by atoms with van der Waals surface area (Å²) in [7, 11) is 0. The number of hydrogen-bond donors (Lipinski definition) is 1. The van der Waals surface area contributed by atoms with Crippen molar-refractivity contribution >= 4 is 43.9 Å². The van der Waals surface area contributed by atoms with Crippen LogP contribution in [0, 0.1) is 0 Å². The Morgan fingerprint density at radius 1 is 1.33 bits per heavy atom. The van der Waals surface area contributed by atoms with Crippen LogP contribution in [0.3, 0.4) is 0 Å². The van der Waals surface area contributed by atoms with Gasteiger partial charge in [0.05, 0.1) is 43.5 Å². The second-order valence-corrected chi connectivity index (χ2v) is 4.48. The van der Waals surface area contributed by atoms with Gasteiger partial charge in [0.2, 0.25) is 0 Å². The van der Waals surface area contributed by atoms with Gasteiger partial charge in [0.25, 0.3) is 5.91 Å². The van der Waals surface area contributed by atoms with Crippen LogP contribution in [0.2, 0.25) is 0 Å². The van der Waals surface area contributed by atoms with Crippen molar-refractivity contribution in [2.75, 3.05) is 2.95 Å². The lowest BCUT2D eigenvalue weighted by Gasteiger charge is -2.09. The third-order valence-electron chi connectivity index (χ3n) is 1.35. The first-order valence-corrected chi connectivity index (χ1v) is 4.55. The summed E-state index contributed by atoms with van der Waals surface area (Å²) in [4.78, 5) is 10.9. The molecule has 1 aromatic carbocycles. The number of amides is 1. The average molecular weight is 294 g/mol. The number of hydrogen-bond acceptors (Lipinski definition) is 2. The summed E-state index contributed by atoms with van der Waals surface area (Å²) < 4.78 is 1.49. The summed E-state index contributed by atoms with van der Waals surface area (Å²) in [5, 5.41) is 0. The molecule has 1 aromatic rings. The van der Waals surface area contributed by atoms with E-state index in [0.29, 0.717) is 11.3 Å². The average Bonchev–Trinajstić information content (AvgIpc) is 2.04. The van der Waals surface area contributed by atoms with Gasteiger partial charge in [-0.3, -0.25) is 4.79 Å². The van der Waals surface area contributed by atoms with E-state index in [1.165, 1.54) is 2.95 Å². The topological polar surface area (TPSA) is 46.3 Å². The zero-order valence-corrected chi connectivity index (χ0v) is 9.17. The van der Waals surface area contributed by atoms with Gasteiger partial charge in [0.15, 0.2) is 0 Å². The first-order valence-electron chi connectivity index (χ1n) is 3.13. The lowest BCUT2D eigenvalue weighted by molar-refractivity contribution is 0.100. The van der Waals surface area contributed by atoms with Crippen LogP contribution in [-0.2, 0) is 0 Å². The first-order chi connectivity index (χ1) is 5.63. The van der Waals surface area contributed by atoms with E-state index in [1.807, 2.05) is 6.07 Å². The molecule has 0 aromatic heterocycles. The summed E-state index contributed by atoms with van der Waals surface area (Å²) >= 11 is 6.29. The largest absolute Gasteiger partial charge is 0.366 e. The van der Waals surface area contributed by atoms with E-state index in [0.717, 1.165) is 0 Å². The summed E-state index contributed by atoms with van der Waals surface area (Å²) in [6, 6.07) is 7.00. The van der Waals surface area contributed by atoms with E-state index in [4.69, 9.17) is 5.73 Å². The van der Waals surface area contributed by atoms with Crippen LogP contribution in [-0.4, -0.2) is 5.91 Å². The number of carbonyl (C=O) groups is 1. The molecule has 0 fully saturated rings. The minimum absolute atomic E-state index is 0.450. The fraction of sp³-hybridized carbons (Fsp3) is 0. The Balaban J connectivity index is 3.17. The van der Waals surface area contributed by atoms with E-state index in [2.05, 4.69) is 32.3 Å². The standard InChI is InChI=1S/C7H6Br2N2O/c8-11(9)6-4-2-1-3-5(6)7(10)12/h1-4H,(H2,10,12). The molecule has 64 valence electrons. The maximum absolute atomic E-state index is 10.9. The van der Waals surface area contributed by atoms with Gasteiger partial charge < -0.3 is 5.73 Å². The molecule has 0 atom stereocenters. The summed E-state index contributed by atoms with van der Waals surface area (Å²) in [5.41, 5.74) is 6.29. The van der Waals surface area contributed by atoms with Crippen LogP contribution < -0.4 is 8.69 Å². The van der Waals surface area contributed by atoms with E-state index < -0.39 is 5.91 Å². The van der Waals surface area contributed by atoms with Crippen molar-refractivity contribution in [1.29, 1.82) is 0 Å². The minimum atomic E-state index is -0.450. The summed E-state index contributed by atoms with van der Waals surface area (Å²) in [5.74, 6) is -0.450. The second kappa shape index (κ2) is 3.91. The highest BCUT2D eigenvalue weighted by molar-refractivity contribution is 9.25. The molecule has 1 amide bonds. The van der Waals surface area contributed by atoms with Gasteiger partial charge in [-0.25, -0.2) is 2.95 Å². The number of nitrogens with zero attached hydrogens (tertiary/aromatic N) is 1. The predicted molar refractivity (Wildman–Crippen MR) is 55.3 cm³/mol. The maximum Gasteiger partial charge on any atom is 0.250 e. The molecule has 0 unspecified atom stereocenters. The van der Waals surface area contributed by atoms with Gasteiger partial charge >= 0.3 is 0 Å². The number of anilines is 1. The van der Waals surface area contributed by atoms with Crippen molar-refractivity contribution < 1.29 is 4.79 Å². The number of nitrogens with two attached hydrogens (primary N) is 1. The SMILES string of the molecule is NC(=O)c1ccccc1N(Br)Br. The van der Waals surface area contributed by atoms with Crippen LogP contribution in [0.1, 0.15) is 10.4 Å². The molecular formula is C7H6Br2N2O. The number of primary amides is 1. The van der Waals surface area contributed by atoms with Gasteiger partial charge in [0, 0.05) is 0 Å². The van der Waals surface area contributed by atoms with Crippen molar-refractivity contribution in [2.24, 2.45) is 5.73 Å². The minimum Gasteiger partial charge on any atom is -0.366 e. The third kappa shape index (κ3) is 1.98. The van der Waals surface area contributed by atoms with E-state index >= 15 is 0 Å². The molecule has 0 saturated carbocycles. The molecule has 3 nitrogen and oxygen atoms in total. The predicted octanol–water partition coefficient (Wildman–Crippen LogP) is 2.21. The van der Waals surface area contributed by atoms with Crippen LogP contribution >= 0.6 is 32.3 Å². The van der Waals surface area contributed by atoms with Gasteiger partial charge in [-0.1, -0.05) is 12.1 Å². The molecule has 0 bridgehead atoms. The highest BCUT2D eigenvalue weighted by atomic mass is 79.9. The summed E-state index contributed by atoms with van der Waals surface area (Å²) in [6.07, 6.45) is 0. The Labute approximate surface area is 87.2 Å². The molecule has 0 spiro atoms. The zero-order valence-electron chi connectivity index (χ0n) is 6.00. The summed E-state index contributed by atoms with van der Waals surface area (Å²) in [6.45, 7) is 0. The Morgan fingerprint density at radius 2 is 1.92 bits per heavy atom. The maximum atomic E-state index is 10.9. The van der Waals surface area contributed by atoms with Gasteiger partial charge in [-0.2, -0.15) is 0 Å². The van der Waals surface area contributed by atoms with E-state index in [9.17, 15) is 4.79 Å². The van der Waals surface area contributed by atoms with Crippen molar-refractivity contribution in [3.05, 3.63) is 29.8 Å². The Kier molecular flexibility index (Phi) is 3.11. The number of para-hydroxylation sites is 1. The number of benzene rings is 1. The Morgan fingerprint density at radius 3 is 2.33 bits per heavy atom. The first kappa shape index (κ1) is 9.54. The van der Waals surface area contributed by atoms with Crippen LogP contribution in [0.4, 0.5) is 5.69 Å². The molecule has 0 aliphatic carbocycles. The molecule has 0 heterocycles. The number of halogens is 2. The highest BCUT2D eigenvalue weighted by Gasteiger charge is 2.09. The van der Waals surface area contributed by atoms with Crippen molar-refractivity contribution in [3.63, 3.8) is 0 Å². The third-order valence-corrected chi connectivity index (χ3v) is 2.12. The van der Waals surface area contributed by atoms with Crippen molar-refractivity contribution in [2.45, 2.75) is 0 Å². The molecule has 5 heteroatoms. The van der Waals surface area contributed by atoms with Crippen molar-refractivity contribution in [1.82, 2.24) is 0 Å². The van der Waals surface area contributed by atoms with Gasteiger partial charge in [0.1, 0.15) is 0 Å². The van der Waals surface area contributed by atoms with E-state index in [1.54, 1.807) is 18.2 Å². The fourth-order valence-corrected chi connectivity index (χ4v) is 1.45. The van der Waals surface area contributed by atoms with Crippen LogP contribution in [0.25, 0.3) is 0 Å². The molecule has 0 saturated heterocycles. The molecular weight excluding hydrogens is 288 g/mol. The van der Waals surface area contributed by atoms with E-state index in [-0.39, 0.29) is 0 Å². The Hall–Kier alpha value is -0.550. The molecule has 0 aliphatic rings. The Bertz CT molecular complexity index is 301. The molecule has 1 rings (SSSR count). The zero-order chi connectivity index (χ0) is 9.14. The van der Waals surface area contributed by atoms with Crippen LogP contribution in [0.5, 0.6) is 0 Å². The number of carbonyl (C=O) groups excluding carboxylic acids is 1. The van der Waals surface area contributed by atoms with Crippen LogP contribution in [0.15, 0.2) is 24.3 Å². The normalized spacial score (nSPS) is 9.50. The number of rotatable bonds is 2. The monoisotopic (exact) mass is 292 g/mol. The lowest BCUT2D eigenvalue weighted by atomic mass is 10.2. The van der Waals surface area contributed by atoms with Gasteiger partial charge in [-0.05, 0) is 12.1 Å². The second-order valence-electron chi connectivity index (χ2n) is 2.11. The molecule has 2 N–H and O–H groups in total. The van der Waals surface area contributed by atoms with Crippen molar-refractivity contribution in [3.8, 4) is 0 Å². The highest BCUT2D eigenvalue weighted by Crippen LogP contribution is 2.25. The smallest absolute Gasteiger partial charge is 0.250 e. The molecule has 0 aliphatic heterocycles. The lowest BCUT2D eigenvalue weighted by Crippen LogP contribution is -2.13. The molecule has 0 radical (unpaired) electrons. The van der Waals surface area contributed by atoms with Gasteiger partial charge in [-0.15, -0.1) is 0 Å².